The Hall–Kier alpha value is -0.480. The lowest BCUT2D eigenvalue weighted by Gasteiger charge is -1.88. The van der Waals surface area contributed by atoms with Crippen LogP contribution < -0.4 is 5.73 Å². The molecule has 0 radical (unpaired) electrons. The molecule has 0 spiro atoms. The minimum atomic E-state index is 0.802. The van der Waals surface area contributed by atoms with Crippen LogP contribution in [-0.2, 0) is 0 Å². The summed E-state index contributed by atoms with van der Waals surface area (Å²) in [4.78, 5) is 0. The summed E-state index contributed by atoms with van der Waals surface area (Å²) in [6, 6.07) is 0. The summed E-state index contributed by atoms with van der Waals surface area (Å²) in [7, 11) is 0. The van der Waals surface area contributed by atoms with Gasteiger partial charge in [-0.25, -0.2) is 0 Å². The molecular formula is C10H19N. The molecule has 0 aromatic carbocycles. The fraction of sp³-hybridized carbons (Fsp3) is 0.800. The predicted octanol–water partition coefficient (Wildman–Crippen LogP) is 2.31. The van der Waals surface area contributed by atoms with Gasteiger partial charge in [0.15, 0.2) is 0 Å². The minimum absolute atomic E-state index is 0.802. The van der Waals surface area contributed by atoms with Gasteiger partial charge in [0.2, 0.25) is 0 Å². The highest BCUT2D eigenvalue weighted by molar-refractivity contribution is 4.98. The van der Waals surface area contributed by atoms with Crippen LogP contribution in [0.2, 0.25) is 0 Å². The van der Waals surface area contributed by atoms with Gasteiger partial charge in [0.25, 0.3) is 0 Å². The van der Waals surface area contributed by atoms with Crippen molar-refractivity contribution < 1.29 is 0 Å². The first kappa shape index (κ1) is 10.5. The molecule has 0 aromatic heterocycles. The zero-order valence-corrected chi connectivity index (χ0v) is 7.53. The number of nitrogens with two attached hydrogens (primary N) is 1. The van der Waals surface area contributed by atoms with Gasteiger partial charge in [-0.1, -0.05) is 13.3 Å². The third-order valence-electron chi connectivity index (χ3n) is 1.54. The van der Waals surface area contributed by atoms with Crippen molar-refractivity contribution in [2.24, 2.45) is 5.73 Å². The maximum atomic E-state index is 5.34. The summed E-state index contributed by atoms with van der Waals surface area (Å²) >= 11 is 0. The van der Waals surface area contributed by atoms with Crippen LogP contribution in [0.25, 0.3) is 0 Å². The Morgan fingerprint density at radius 3 is 2.18 bits per heavy atom. The third kappa shape index (κ3) is 9.52. The molecule has 0 saturated carbocycles. The lowest BCUT2D eigenvalue weighted by Crippen LogP contribution is -1.96. The topological polar surface area (TPSA) is 26.0 Å². The van der Waals surface area contributed by atoms with E-state index in [0.717, 1.165) is 32.2 Å². The lowest BCUT2D eigenvalue weighted by molar-refractivity contribution is 0.766. The molecule has 0 bridgehead atoms. The number of rotatable bonds is 5. The van der Waals surface area contributed by atoms with Crippen LogP contribution in [0.1, 0.15) is 45.4 Å². The maximum Gasteiger partial charge on any atom is 0.00891 e. The van der Waals surface area contributed by atoms with Crippen LogP contribution in [0.3, 0.4) is 0 Å². The van der Waals surface area contributed by atoms with Crippen LogP contribution in [0.4, 0.5) is 0 Å². The van der Waals surface area contributed by atoms with Gasteiger partial charge >= 0.3 is 0 Å². The Morgan fingerprint density at radius 1 is 1.00 bits per heavy atom. The predicted molar refractivity (Wildman–Crippen MR) is 50.2 cm³/mol. The summed E-state index contributed by atoms with van der Waals surface area (Å²) in [6.07, 6.45) is 6.86. The summed E-state index contributed by atoms with van der Waals surface area (Å²) < 4.78 is 0. The standard InChI is InChI=1S/C10H19N/c1-2-3-4-5-6-7-8-9-10-11/h2-4,7-11H2,1H3. The second-order valence-corrected chi connectivity index (χ2v) is 2.70. The molecule has 11 heavy (non-hydrogen) atoms. The molecule has 64 valence electrons. The maximum absolute atomic E-state index is 5.34. The van der Waals surface area contributed by atoms with E-state index in [-0.39, 0.29) is 0 Å². The van der Waals surface area contributed by atoms with Crippen molar-refractivity contribution in [2.45, 2.75) is 45.4 Å². The van der Waals surface area contributed by atoms with Gasteiger partial charge in [0.05, 0.1) is 0 Å². The van der Waals surface area contributed by atoms with Gasteiger partial charge in [-0.3, -0.25) is 0 Å². The van der Waals surface area contributed by atoms with E-state index in [9.17, 15) is 0 Å². The molecule has 0 aliphatic carbocycles. The first-order chi connectivity index (χ1) is 5.41. The fourth-order valence-corrected chi connectivity index (χ4v) is 0.800. The van der Waals surface area contributed by atoms with Crippen LogP contribution >= 0.6 is 0 Å². The number of hydrogen-bond acceptors (Lipinski definition) is 1. The molecule has 0 fully saturated rings. The number of hydrogen-bond donors (Lipinski definition) is 1. The van der Waals surface area contributed by atoms with E-state index in [2.05, 4.69) is 18.8 Å². The summed E-state index contributed by atoms with van der Waals surface area (Å²) in [5.41, 5.74) is 5.34. The minimum Gasteiger partial charge on any atom is -0.330 e. The second kappa shape index (κ2) is 9.52. The molecule has 0 aromatic rings. The molecule has 0 saturated heterocycles. The van der Waals surface area contributed by atoms with Crippen molar-refractivity contribution in [3.63, 3.8) is 0 Å². The molecule has 0 aliphatic rings. The van der Waals surface area contributed by atoms with Gasteiger partial charge < -0.3 is 5.73 Å². The van der Waals surface area contributed by atoms with E-state index in [1.54, 1.807) is 0 Å². The smallest absolute Gasteiger partial charge is 0.00891 e. The van der Waals surface area contributed by atoms with E-state index in [1.165, 1.54) is 12.8 Å². The zero-order chi connectivity index (χ0) is 8.36. The highest BCUT2D eigenvalue weighted by Gasteiger charge is 1.80. The molecule has 2 N–H and O–H groups in total. The monoisotopic (exact) mass is 153 g/mol. The SMILES string of the molecule is CCCCC#CCCCCN. The van der Waals surface area contributed by atoms with E-state index in [0.29, 0.717) is 0 Å². The van der Waals surface area contributed by atoms with Crippen LogP contribution in [-0.4, -0.2) is 6.54 Å². The highest BCUT2D eigenvalue weighted by atomic mass is 14.5. The Kier molecular flexibility index (Phi) is 9.10. The molecule has 0 amide bonds. The van der Waals surface area contributed by atoms with Crippen LogP contribution in [0.5, 0.6) is 0 Å². The van der Waals surface area contributed by atoms with Gasteiger partial charge in [0, 0.05) is 12.8 Å². The molecule has 0 aliphatic heterocycles. The van der Waals surface area contributed by atoms with Crippen molar-refractivity contribution >= 4 is 0 Å². The van der Waals surface area contributed by atoms with Crippen molar-refractivity contribution in [3.05, 3.63) is 0 Å². The van der Waals surface area contributed by atoms with Crippen molar-refractivity contribution in [2.75, 3.05) is 6.54 Å². The first-order valence-corrected chi connectivity index (χ1v) is 4.57. The Balaban J connectivity index is 2.99. The van der Waals surface area contributed by atoms with Gasteiger partial charge in [-0.2, -0.15) is 0 Å². The molecule has 0 atom stereocenters. The Labute approximate surface area is 70.4 Å². The summed E-state index contributed by atoms with van der Waals surface area (Å²) in [5.74, 6) is 6.30. The molecule has 1 nitrogen and oxygen atoms in total. The molecule has 1 heteroatoms. The van der Waals surface area contributed by atoms with Crippen molar-refractivity contribution in [3.8, 4) is 11.8 Å². The van der Waals surface area contributed by atoms with E-state index in [1.807, 2.05) is 0 Å². The Bertz CT molecular complexity index is 119. The van der Waals surface area contributed by atoms with Crippen molar-refractivity contribution in [1.29, 1.82) is 0 Å². The molecule has 0 rings (SSSR count). The van der Waals surface area contributed by atoms with Gasteiger partial charge in [-0.05, 0) is 25.8 Å². The third-order valence-corrected chi connectivity index (χ3v) is 1.54. The summed E-state index contributed by atoms with van der Waals surface area (Å²) in [5, 5.41) is 0. The molecule has 0 heterocycles. The van der Waals surface area contributed by atoms with Gasteiger partial charge in [0.1, 0.15) is 0 Å². The second-order valence-electron chi connectivity index (χ2n) is 2.70. The van der Waals surface area contributed by atoms with E-state index in [4.69, 9.17) is 5.73 Å². The summed E-state index contributed by atoms with van der Waals surface area (Å²) in [6.45, 7) is 2.99. The van der Waals surface area contributed by atoms with E-state index < -0.39 is 0 Å². The van der Waals surface area contributed by atoms with Crippen LogP contribution in [0.15, 0.2) is 0 Å². The normalized spacial score (nSPS) is 8.91. The lowest BCUT2D eigenvalue weighted by atomic mass is 10.2. The Morgan fingerprint density at radius 2 is 1.64 bits per heavy atom. The quantitative estimate of drug-likeness (QED) is 0.476. The molecular weight excluding hydrogens is 134 g/mol. The molecule has 0 unspecified atom stereocenters. The van der Waals surface area contributed by atoms with Crippen LogP contribution in [0, 0.1) is 11.8 Å². The highest BCUT2D eigenvalue weighted by Crippen LogP contribution is 1.93. The van der Waals surface area contributed by atoms with E-state index >= 15 is 0 Å². The van der Waals surface area contributed by atoms with Crippen molar-refractivity contribution in [1.82, 2.24) is 0 Å². The average Bonchev–Trinajstić information content (AvgIpc) is 2.03. The largest absolute Gasteiger partial charge is 0.330 e. The average molecular weight is 153 g/mol. The number of unbranched alkanes of at least 4 members (excludes halogenated alkanes) is 4. The fourth-order valence-electron chi connectivity index (χ4n) is 0.800. The first-order valence-electron chi connectivity index (χ1n) is 4.57. The van der Waals surface area contributed by atoms with Gasteiger partial charge in [-0.15, -0.1) is 11.8 Å². The zero-order valence-electron chi connectivity index (χ0n) is 7.53.